The lowest BCUT2D eigenvalue weighted by Gasteiger charge is -2.14. The molecule has 0 atom stereocenters. The second kappa shape index (κ2) is 5.09. The van der Waals surface area contributed by atoms with Crippen LogP contribution in [0, 0.1) is 3.57 Å². The molecule has 0 bridgehead atoms. The summed E-state index contributed by atoms with van der Waals surface area (Å²) in [5.74, 6) is 2.66. The van der Waals surface area contributed by atoms with Crippen LogP contribution in [0.25, 0.3) is 0 Å². The summed E-state index contributed by atoms with van der Waals surface area (Å²) in [6, 6.07) is 0. The molecule has 0 saturated heterocycles. The molecule has 84 valence electrons. The highest BCUT2D eigenvalue weighted by Gasteiger charge is 2.15. The molecule has 0 aliphatic heterocycles. The first kappa shape index (κ1) is 12.7. The van der Waals surface area contributed by atoms with Gasteiger partial charge in [-0.1, -0.05) is 27.7 Å². The molecule has 1 aromatic rings. The minimum Gasteiger partial charge on any atom is -0.372 e. The zero-order valence-corrected chi connectivity index (χ0v) is 12.1. The standard InChI is InChI=1S/C11H18IN3/c1-6(2)9-8(12)11(13-5)15-10(14-9)7(3)4/h6-7H,1-5H3,(H,13,14,15). The van der Waals surface area contributed by atoms with Gasteiger partial charge in [0.05, 0.1) is 9.26 Å². The summed E-state index contributed by atoms with van der Waals surface area (Å²) in [6.45, 7) is 8.56. The van der Waals surface area contributed by atoms with E-state index in [4.69, 9.17) is 0 Å². The highest BCUT2D eigenvalue weighted by Crippen LogP contribution is 2.26. The van der Waals surface area contributed by atoms with Gasteiger partial charge in [0.2, 0.25) is 0 Å². The fraction of sp³-hybridized carbons (Fsp3) is 0.636. The van der Waals surface area contributed by atoms with E-state index in [0.29, 0.717) is 11.8 Å². The summed E-state index contributed by atoms with van der Waals surface area (Å²) < 4.78 is 1.13. The third kappa shape index (κ3) is 2.80. The van der Waals surface area contributed by atoms with E-state index in [0.717, 1.165) is 20.9 Å². The molecule has 1 rings (SSSR count). The maximum atomic E-state index is 4.62. The lowest BCUT2D eigenvalue weighted by atomic mass is 10.1. The van der Waals surface area contributed by atoms with Crippen LogP contribution in [-0.4, -0.2) is 17.0 Å². The Morgan fingerprint density at radius 3 is 2.07 bits per heavy atom. The van der Waals surface area contributed by atoms with Crippen molar-refractivity contribution in [1.82, 2.24) is 9.97 Å². The maximum absolute atomic E-state index is 4.62. The van der Waals surface area contributed by atoms with Gasteiger partial charge in [0, 0.05) is 13.0 Å². The number of rotatable bonds is 3. The molecule has 0 saturated carbocycles. The van der Waals surface area contributed by atoms with Crippen molar-refractivity contribution >= 4 is 28.4 Å². The zero-order valence-electron chi connectivity index (χ0n) is 9.93. The molecule has 0 aromatic carbocycles. The van der Waals surface area contributed by atoms with E-state index >= 15 is 0 Å². The molecule has 0 fully saturated rings. The number of nitrogens with one attached hydrogen (secondary N) is 1. The van der Waals surface area contributed by atoms with Crippen LogP contribution < -0.4 is 5.32 Å². The van der Waals surface area contributed by atoms with Gasteiger partial charge in [0.25, 0.3) is 0 Å². The molecular formula is C11H18IN3. The van der Waals surface area contributed by atoms with Crippen LogP contribution in [0.2, 0.25) is 0 Å². The molecule has 3 nitrogen and oxygen atoms in total. The Balaban J connectivity index is 3.32. The van der Waals surface area contributed by atoms with Gasteiger partial charge >= 0.3 is 0 Å². The van der Waals surface area contributed by atoms with Gasteiger partial charge in [-0.15, -0.1) is 0 Å². The Kier molecular flexibility index (Phi) is 4.31. The van der Waals surface area contributed by atoms with E-state index in [9.17, 15) is 0 Å². The van der Waals surface area contributed by atoms with Crippen molar-refractivity contribution < 1.29 is 0 Å². The summed E-state index contributed by atoms with van der Waals surface area (Å²) in [4.78, 5) is 9.12. The SMILES string of the molecule is CNc1nc(C(C)C)nc(C(C)C)c1I. The molecule has 1 N–H and O–H groups in total. The fourth-order valence-electron chi connectivity index (χ4n) is 1.29. The van der Waals surface area contributed by atoms with Crippen molar-refractivity contribution in [3.05, 3.63) is 15.1 Å². The lowest BCUT2D eigenvalue weighted by Crippen LogP contribution is -2.09. The van der Waals surface area contributed by atoms with Crippen LogP contribution in [0.15, 0.2) is 0 Å². The maximum Gasteiger partial charge on any atom is 0.143 e. The van der Waals surface area contributed by atoms with Gasteiger partial charge in [-0.05, 0) is 28.5 Å². The van der Waals surface area contributed by atoms with Crippen molar-refractivity contribution in [1.29, 1.82) is 0 Å². The van der Waals surface area contributed by atoms with Gasteiger partial charge in [0.1, 0.15) is 11.6 Å². The Morgan fingerprint density at radius 1 is 1.07 bits per heavy atom. The Morgan fingerprint density at radius 2 is 1.67 bits per heavy atom. The normalized spacial score (nSPS) is 11.2. The molecule has 1 heterocycles. The summed E-state index contributed by atoms with van der Waals surface area (Å²) in [6.07, 6.45) is 0. The molecule has 0 aliphatic rings. The molecule has 0 radical (unpaired) electrons. The van der Waals surface area contributed by atoms with Gasteiger partial charge in [-0.3, -0.25) is 0 Å². The van der Waals surface area contributed by atoms with Gasteiger partial charge in [-0.25, -0.2) is 9.97 Å². The molecule has 1 aromatic heterocycles. The van der Waals surface area contributed by atoms with Crippen LogP contribution in [-0.2, 0) is 0 Å². The summed E-state index contributed by atoms with van der Waals surface area (Å²) >= 11 is 2.31. The Labute approximate surface area is 105 Å². The predicted octanol–water partition coefficient (Wildman–Crippen LogP) is 3.37. The number of anilines is 1. The molecule has 0 amide bonds. The van der Waals surface area contributed by atoms with E-state index in [-0.39, 0.29) is 0 Å². The Hall–Kier alpha value is -0.390. The molecule has 0 aliphatic carbocycles. The Bertz CT molecular complexity index is 348. The summed E-state index contributed by atoms with van der Waals surface area (Å²) in [5.41, 5.74) is 1.14. The summed E-state index contributed by atoms with van der Waals surface area (Å²) in [5, 5.41) is 3.13. The minimum absolute atomic E-state index is 0.367. The zero-order chi connectivity index (χ0) is 11.6. The second-order valence-corrected chi connectivity index (χ2v) is 5.27. The van der Waals surface area contributed by atoms with Gasteiger partial charge in [0.15, 0.2) is 0 Å². The van der Waals surface area contributed by atoms with E-state index in [1.54, 1.807) is 0 Å². The van der Waals surface area contributed by atoms with E-state index in [2.05, 4.69) is 65.6 Å². The van der Waals surface area contributed by atoms with Crippen molar-refractivity contribution in [3.63, 3.8) is 0 Å². The van der Waals surface area contributed by atoms with Crippen LogP contribution in [0.1, 0.15) is 51.0 Å². The highest BCUT2D eigenvalue weighted by molar-refractivity contribution is 14.1. The highest BCUT2D eigenvalue weighted by atomic mass is 127. The molecule has 15 heavy (non-hydrogen) atoms. The van der Waals surface area contributed by atoms with Crippen LogP contribution in [0.4, 0.5) is 5.82 Å². The number of nitrogens with zero attached hydrogens (tertiary/aromatic N) is 2. The first-order valence-corrected chi connectivity index (χ1v) is 6.30. The van der Waals surface area contributed by atoms with Crippen molar-refractivity contribution in [2.75, 3.05) is 12.4 Å². The van der Waals surface area contributed by atoms with Crippen LogP contribution >= 0.6 is 22.6 Å². The quantitative estimate of drug-likeness (QED) is 0.868. The smallest absolute Gasteiger partial charge is 0.143 e. The van der Waals surface area contributed by atoms with E-state index in [1.165, 1.54) is 0 Å². The molecule has 0 spiro atoms. The van der Waals surface area contributed by atoms with Crippen molar-refractivity contribution in [3.8, 4) is 0 Å². The van der Waals surface area contributed by atoms with Gasteiger partial charge in [-0.2, -0.15) is 0 Å². The third-order valence-electron chi connectivity index (χ3n) is 2.19. The predicted molar refractivity (Wildman–Crippen MR) is 72.5 cm³/mol. The average molecular weight is 319 g/mol. The first-order chi connectivity index (χ1) is 6.97. The largest absolute Gasteiger partial charge is 0.372 e. The number of halogens is 1. The monoisotopic (exact) mass is 319 g/mol. The first-order valence-electron chi connectivity index (χ1n) is 5.22. The topological polar surface area (TPSA) is 37.8 Å². The average Bonchev–Trinajstić information content (AvgIpc) is 2.17. The molecular weight excluding hydrogens is 301 g/mol. The van der Waals surface area contributed by atoms with Crippen LogP contribution in [0.3, 0.4) is 0 Å². The molecule has 4 heteroatoms. The van der Waals surface area contributed by atoms with Gasteiger partial charge < -0.3 is 5.32 Å². The van der Waals surface area contributed by atoms with E-state index in [1.807, 2.05) is 7.05 Å². The molecule has 0 unspecified atom stereocenters. The van der Waals surface area contributed by atoms with Crippen LogP contribution in [0.5, 0.6) is 0 Å². The summed E-state index contributed by atoms with van der Waals surface area (Å²) in [7, 11) is 1.90. The number of hydrogen-bond acceptors (Lipinski definition) is 3. The number of aromatic nitrogens is 2. The number of hydrogen-bond donors (Lipinski definition) is 1. The van der Waals surface area contributed by atoms with E-state index < -0.39 is 0 Å². The van der Waals surface area contributed by atoms with Crippen molar-refractivity contribution in [2.24, 2.45) is 0 Å². The third-order valence-corrected chi connectivity index (χ3v) is 3.26. The minimum atomic E-state index is 0.367. The lowest BCUT2D eigenvalue weighted by molar-refractivity contribution is 0.726. The fourth-order valence-corrected chi connectivity index (χ4v) is 2.42. The van der Waals surface area contributed by atoms with Crippen molar-refractivity contribution in [2.45, 2.75) is 39.5 Å². The second-order valence-electron chi connectivity index (χ2n) is 4.19.